The van der Waals surface area contributed by atoms with Gasteiger partial charge in [-0.15, -0.1) is 0 Å². The second kappa shape index (κ2) is 9.74. The van der Waals surface area contributed by atoms with E-state index in [2.05, 4.69) is 0 Å². The molecule has 3 aromatic carbocycles. The SMILES string of the molecule is COC(=O)CC(c1ccc(F)cc1)C(C(=O)c1ccccc1)C(=O)c1ccccc1. The zero-order valence-corrected chi connectivity index (χ0v) is 16.5. The zero-order chi connectivity index (χ0) is 21.5. The molecule has 0 aliphatic rings. The molecule has 0 N–H and O–H groups in total. The van der Waals surface area contributed by atoms with Crippen LogP contribution in [0.25, 0.3) is 0 Å². The second-order valence-electron chi connectivity index (χ2n) is 6.88. The number of ketones is 2. The van der Waals surface area contributed by atoms with Gasteiger partial charge in [0.25, 0.3) is 0 Å². The molecular weight excluding hydrogens is 383 g/mol. The Morgan fingerprint density at radius 3 is 1.67 bits per heavy atom. The van der Waals surface area contributed by atoms with Gasteiger partial charge in [-0.25, -0.2) is 4.39 Å². The van der Waals surface area contributed by atoms with Crippen LogP contribution < -0.4 is 0 Å². The lowest BCUT2D eigenvalue weighted by Crippen LogP contribution is -2.32. The largest absolute Gasteiger partial charge is 0.469 e. The summed E-state index contributed by atoms with van der Waals surface area (Å²) in [6.45, 7) is 0. The molecule has 1 unspecified atom stereocenters. The Kier molecular flexibility index (Phi) is 6.86. The first-order chi connectivity index (χ1) is 14.5. The van der Waals surface area contributed by atoms with Gasteiger partial charge in [-0.2, -0.15) is 0 Å². The number of carbonyl (C=O) groups is 3. The van der Waals surface area contributed by atoms with Crippen LogP contribution in [0.15, 0.2) is 84.9 Å². The Morgan fingerprint density at radius 2 is 1.23 bits per heavy atom. The molecule has 0 heterocycles. The van der Waals surface area contributed by atoms with Crippen molar-refractivity contribution in [1.82, 2.24) is 0 Å². The monoisotopic (exact) mass is 404 g/mol. The Bertz CT molecular complexity index is 963. The topological polar surface area (TPSA) is 60.4 Å². The summed E-state index contributed by atoms with van der Waals surface area (Å²) in [6, 6.07) is 22.4. The van der Waals surface area contributed by atoms with Crippen LogP contribution in [0.3, 0.4) is 0 Å². The first kappa shape index (κ1) is 21.1. The van der Waals surface area contributed by atoms with Crippen LogP contribution in [0.1, 0.15) is 38.6 Å². The quantitative estimate of drug-likeness (QED) is 0.306. The molecule has 0 aromatic heterocycles. The molecule has 0 fully saturated rings. The summed E-state index contributed by atoms with van der Waals surface area (Å²) in [5.41, 5.74) is 1.24. The molecule has 3 rings (SSSR count). The molecule has 0 saturated carbocycles. The smallest absolute Gasteiger partial charge is 0.306 e. The third kappa shape index (κ3) is 4.87. The van der Waals surface area contributed by atoms with E-state index in [1.807, 2.05) is 0 Å². The van der Waals surface area contributed by atoms with Crippen LogP contribution in [-0.4, -0.2) is 24.6 Å². The molecule has 3 aromatic rings. The van der Waals surface area contributed by atoms with Crippen molar-refractivity contribution in [2.45, 2.75) is 12.3 Å². The molecule has 152 valence electrons. The number of rotatable bonds is 8. The van der Waals surface area contributed by atoms with Crippen molar-refractivity contribution in [3.63, 3.8) is 0 Å². The second-order valence-corrected chi connectivity index (χ2v) is 6.88. The van der Waals surface area contributed by atoms with E-state index in [0.29, 0.717) is 16.7 Å². The van der Waals surface area contributed by atoms with Crippen molar-refractivity contribution in [2.75, 3.05) is 7.11 Å². The summed E-state index contributed by atoms with van der Waals surface area (Å²) in [6.07, 6.45) is -0.191. The van der Waals surface area contributed by atoms with Crippen molar-refractivity contribution in [1.29, 1.82) is 0 Å². The first-order valence-electron chi connectivity index (χ1n) is 9.52. The number of Topliss-reactive ketones (excluding diaryl/α,β-unsaturated/α-hetero) is 2. The predicted octanol–water partition coefficient (Wildman–Crippen LogP) is 4.85. The van der Waals surface area contributed by atoms with Gasteiger partial charge in [0.2, 0.25) is 0 Å². The first-order valence-corrected chi connectivity index (χ1v) is 9.52. The molecule has 0 amide bonds. The molecule has 0 radical (unpaired) electrons. The molecule has 0 spiro atoms. The maximum atomic E-state index is 13.5. The molecule has 30 heavy (non-hydrogen) atoms. The highest BCUT2D eigenvalue weighted by Crippen LogP contribution is 2.34. The lowest BCUT2D eigenvalue weighted by molar-refractivity contribution is -0.141. The summed E-state index contributed by atoms with van der Waals surface area (Å²) < 4.78 is 18.3. The zero-order valence-electron chi connectivity index (χ0n) is 16.5. The number of hydrogen-bond donors (Lipinski definition) is 0. The molecule has 0 saturated heterocycles. The van der Waals surface area contributed by atoms with Gasteiger partial charge in [0.15, 0.2) is 11.6 Å². The number of carbonyl (C=O) groups excluding carboxylic acids is 3. The van der Waals surface area contributed by atoms with Gasteiger partial charge in [-0.05, 0) is 17.7 Å². The molecule has 1 atom stereocenters. The normalized spacial score (nSPS) is 11.7. The van der Waals surface area contributed by atoms with Crippen LogP contribution in [-0.2, 0) is 9.53 Å². The highest BCUT2D eigenvalue weighted by Gasteiger charge is 2.38. The highest BCUT2D eigenvalue weighted by molar-refractivity contribution is 6.17. The van der Waals surface area contributed by atoms with Crippen LogP contribution in [0, 0.1) is 11.7 Å². The van der Waals surface area contributed by atoms with E-state index < -0.39 is 35.2 Å². The summed E-state index contributed by atoms with van der Waals surface area (Å²) in [4.78, 5) is 39.1. The van der Waals surface area contributed by atoms with E-state index in [0.717, 1.165) is 0 Å². The van der Waals surface area contributed by atoms with Gasteiger partial charge in [0, 0.05) is 17.0 Å². The minimum atomic E-state index is -1.17. The number of benzene rings is 3. The Balaban J connectivity index is 2.12. The molecule has 0 bridgehead atoms. The average molecular weight is 404 g/mol. The van der Waals surface area contributed by atoms with Crippen LogP contribution in [0.4, 0.5) is 4.39 Å². The van der Waals surface area contributed by atoms with Crippen molar-refractivity contribution in [3.8, 4) is 0 Å². The molecule has 0 aliphatic carbocycles. The maximum Gasteiger partial charge on any atom is 0.306 e. The lowest BCUT2D eigenvalue weighted by Gasteiger charge is -2.25. The Morgan fingerprint density at radius 1 is 0.767 bits per heavy atom. The number of halogens is 1. The van der Waals surface area contributed by atoms with Gasteiger partial charge in [0.05, 0.1) is 19.4 Å². The standard InChI is InChI=1S/C25H21FO4/c1-30-22(27)16-21(17-12-14-20(26)15-13-17)23(24(28)18-8-4-2-5-9-18)25(29)19-10-6-3-7-11-19/h2-15,21,23H,16H2,1H3. The minimum absolute atomic E-state index is 0.191. The predicted molar refractivity (Wildman–Crippen MR) is 111 cm³/mol. The third-order valence-electron chi connectivity index (χ3n) is 5.00. The van der Waals surface area contributed by atoms with Gasteiger partial charge in [0.1, 0.15) is 5.82 Å². The number of esters is 1. The number of methoxy groups -OCH3 is 1. The van der Waals surface area contributed by atoms with Crippen molar-refractivity contribution < 1.29 is 23.5 Å². The van der Waals surface area contributed by atoms with E-state index in [1.54, 1.807) is 60.7 Å². The van der Waals surface area contributed by atoms with Crippen molar-refractivity contribution in [2.24, 2.45) is 5.92 Å². The van der Waals surface area contributed by atoms with E-state index in [9.17, 15) is 18.8 Å². The van der Waals surface area contributed by atoms with Crippen LogP contribution >= 0.6 is 0 Å². The average Bonchev–Trinajstić information content (AvgIpc) is 2.80. The number of hydrogen-bond acceptors (Lipinski definition) is 4. The lowest BCUT2D eigenvalue weighted by atomic mass is 9.75. The van der Waals surface area contributed by atoms with E-state index >= 15 is 0 Å². The Hall–Kier alpha value is -3.60. The van der Waals surface area contributed by atoms with Crippen molar-refractivity contribution in [3.05, 3.63) is 107 Å². The summed E-state index contributed by atoms with van der Waals surface area (Å²) in [5, 5.41) is 0. The molecule has 0 aliphatic heterocycles. The summed E-state index contributed by atoms with van der Waals surface area (Å²) in [7, 11) is 1.25. The summed E-state index contributed by atoms with van der Waals surface area (Å²) in [5.74, 6) is -3.78. The summed E-state index contributed by atoms with van der Waals surface area (Å²) >= 11 is 0. The van der Waals surface area contributed by atoms with E-state index in [4.69, 9.17) is 4.74 Å². The van der Waals surface area contributed by atoms with Gasteiger partial charge >= 0.3 is 5.97 Å². The molecular formula is C25H21FO4. The van der Waals surface area contributed by atoms with Gasteiger partial charge < -0.3 is 4.74 Å². The van der Waals surface area contributed by atoms with Gasteiger partial charge in [-0.1, -0.05) is 72.8 Å². The van der Waals surface area contributed by atoms with Crippen LogP contribution in [0.5, 0.6) is 0 Å². The fourth-order valence-corrected chi connectivity index (χ4v) is 3.45. The Labute approximate surface area is 174 Å². The van der Waals surface area contributed by atoms with E-state index in [-0.39, 0.29) is 6.42 Å². The van der Waals surface area contributed by atoms with Crippen LogP contribution in [0.2, 0.25) is 0 Å². The third-order valence-corrected chi connectivity index (χ3v) is 5.00. The van der Waals surface area contributed by atoms with Crippen molar-refractivity contribution >= 4 is 17.5 Å². The number of ether oxygens (including phenoxy) is 1. The minimum Gasteiger partial charge on any atom is -0.469 e. The fraction of sp³-hybridized carbons (Fsp3) is 0.160. The fourth-order valence-electron chi connectivity index (χ4n) is 3.45. The molecule has 4 nitrogen and oxygen atoms in total. The van der Waals surface area contributed by atoms with E-state index in [1.165, 1.54) is 31.4 Å². The van der Waals surface area contributed by atoms with Gasteiger partial charge in [-0.3, -0.25) is 14.4 Å². The maximum absolute atomic E-state index is 13.5. The molecule has 5 heteroatoms. The highest BCUT2D eigenvalue weighted by atomic mass is 19.1.